The molecule has 7 nitrogen and oxygen atoms in total. The molecule has 0 aliphatic carbocycles. The second-order valence-electron chi connectivity index (χ2n) is 11.1. The number of ether oxygens (including phenoxy) is 1. The number of hydrogen-bond donors (Lipinski definition) is 2. The van der Waals surface area contributed by atoms with Gasteiger partial charge in [0.1, 0.15) is 17.7 Å². The topological polar surface area (TPSA) is 87.7 Å². The van der Waals surface area contributed by atoms with Gasteiger partial charge >= 0.3 is 6.09 Å². The highest BCUT2D eigenvalue weighted by Crippen LogP contribution is 2.30. The molecule has 2 aromatic carbocycles. The van der Waals surface area contributed by atoms with Gasteiger partial charge < -0.3 is 20.3 Å². The lowest BCUT2D eigenvalue weighted by Crippen LogP contribution is -2.56. The van der Waals surface area contributed by atoms with Crippen molar-refractivity contribution in [2.75, 3.05) is 5.32 Å². The highest BCUT2D eigenvalue weighted by atomic mass is 16.6. The summed E-state index contributed by atoms with van der Waals surface area (Å²) in [5.41, 5.74) is 2.61. The van der Waals surface area contributed by atoms with E-state index in [0.29, 0.717) is 24.1 Å². The van der Waals surface area contributed by atoms with Crippen LogP contribution in [0, 0.1) is 19.8 Å². The van der Waals surface area contributed by atoms with E-state index in [4.69, 9.17) is 4.74 Å². The first-order chi connectivity index (χ1) is 17.8. The van der Waals surface area contributed by atoms with Gasteiger partial charge in [0.15, 0.2) is 0 Å². The predicted molar refractivity (Wildman–Crippen MR) is 153 cm³/mol. The summed E-state index contributed by atoms with van der Waals surface area (Å²) >= 11 is 0. The molecule has 0 aromatic heterocycles. The summed E-state index contributed by atoms with van der Waals surface area (Å²) in [5.74, 6) is -0.802. The molecule has 38 heavy (non-hydrogen) atoms. The first-order valence-corrected chi connectivity index (χ1v) is 13.5. The second kappa shape index (κ2) is 13.4. The van der Waals surface area contributed by atoms with Gasteiger partial charge in [-0.3, -0.25) is 9.59 Å². The normalized spacial score (nSPS) is 14.6. The van der Waals surface area contributed by atoms with Crippen LogP contribution in [-0.2, 0) is 14.3 Å². The lowest BCUT2D eigenvalue weighted by atomic mass is 9.94. The average Bonchev–Trinajstić information content (AvgIpc) is 2.84. The molecule has 4 unspecified atom stereocenters. The summed E-state index contributed by atoms with van der Waals surface area (Å²) in [5, 5.41) is 5.87. The zero-order valence-corrected chi connectivity index (χ0v) is 24.4. The third kappa shape index (κ3) is 8.33. The fourth-order valence-electron chi connectivity index (χ4n) is 4.27. The van der Waals surface area contributed by atoms with E-state index in [9.17, 15) is 14.4 Å². The number of benzene rings is 2. The van der Waals surface area contributed by atoms with Crippen LogP contribution in [0.1, 0.15) is 84.0 Å². The molecule has 0 saturated carbocycles. The Labute approximate surface area is 228 Å². The monoisotopic (exact) mass is 523 g/mol. The second-order valence-corrected chi connectivity index (χ2v) is 11.1. The van der Waals surface area contributed by atoms with Crippen molar-refractivity contribution in [1.82, 2.24) is 10.2 Å². The standard InChI is InChI=1S/C31H45N3O4/c1-10-21(4)26(33-30(37)38-31(7,8)9)29(36)34(23(6)11-2)27(24-17-14-15-20(3)19-24)28(35)32-25-18-13-12-16-22(25)5/h12-19,21,23,26-27H,10-11H2,1-9H3,(H,32,35)(H,33,37). The summed E-state index contributed by atoms with van der Waals surface area (Å²) in [4.78, 5) is 42.7. The van der Waals surface area contributed by atoms with Crippen LogP contribution in [-0.4, -0.2) is 40.5 Å². The maximum absolute atomic E-state index is 14.3. The number of anilines is 1. The van der Waals surface area contributed by atoms with Crippen LogP contribution in [0.2, 0.25) is 0 Å². The van der Waals surface area contributed by atoms with E-state index in [2.05, 4.69) is 10.6 Å². The van der Waals surface area contributed by atoms with E-state index in [1.165, 1.54) is 0 Å². The van der Waals surface area contributed by atoms with Gasteiger partial charge in [-0.1, -0.05) is 75.2 Å². The number of para-hydroxylation sites is 1. The van der Waals surface area contributed by atoms with Gasteiger partial charge in [-0.25, -0.2) is 4.79 Å². The molecule has 2 aromatic rings. The molecule has 0 aliphatic rings. The summed E-state index contributed by atoms with van der Waals surface area (Å²) in [7, 11) is 0. The molecule has 4 atom stereocenters. The van der Waals surface area contributed by atoms with Crippen LogP contribution >= 0.6 is 0 Å². The molecule has 0 bridgehead atoms. The lowest BCUT2D eigenvalue weighted by Gasteiger charge is -2.39. The molecule has 2 N–H and O–H groups in total. The molecule has 0 heterocycles. The molecule has 0 radical (unpaired) electrons. The van der Waals surface area contributed by atoms with E-state index in [1.807, 2.05) is 90.1 Å². The van der Waals surface area contributed by atoms with Gasteiger partial charge in [-0.15, -0.1) is 0 Å². The SMILES string of the molecule is CCC(C)C(NC(=O)OC(C)(C)C)C(=O)N(C(C)CC)C(C(=O)Nc1ccccc1C)c1cccc(C)c1. The average molecular weight is 524 g/mol. The van der Waals surface area contributed by atoms with Crippen molar-refractivity contribution in [3.63, 3.8) is 0 Å². The maximum Gasteiger partial charge on any atom is 0.408 e. The highest BCUT2D eigenvalue weighted by Gasteiger charge is 2.40. The quantitative estimate of drug-likeness (QED) is 0.370. The Morgan fingerprint density at radius 2 is 1.61 bits per heavy atom. The summed E-state index contributed by atoms with van der Waals surface area (Å²) in [6.07, 6.45) is 0.632. The molecule has 0 spiro atoms. The van der Waals surface area contributed by atoms with E-state index < -0.39 is 23.8 Å². The molecule has 2 rings (SSSR count). The predicted octanol–water partition coefficient (Wildman–Crippen LogP) is 6.55. The van der Waals surface area contributed by atoms with Crippen LogP contribution in [0.4, 0.5) is 10.5 Å². The van der Waals surface area contributed by atoms with E-state index in [-0.39, 0.29) is 23.8 Å². The van der Waals surface area contributed by atoms with Crippen LogP contribution < -0.4 is 10.6 Å². The van der Waals surface area contributed by atoms with Crippen molar-refractivity contribution in [2.45, 2.75) is 98.9 Å². The fraction of sp³-hybridized carbons (Fsp3) is 0.516. The fourth-order valence-corrected chi connectivity index (χ4v) is 4.27. The van der Waals surface area contributed by atoms with Gasteiger partial charge in [0, 0.05) is 11.7 Å². The Balaban J connectivity index is 2.59. The van der Waals surface area contributed by atoms with Crippen LogP contribution in [0.15, 0.2) is 48.5 Å². The van der Waals surface area contributed by atoms with E-state index in [0.717, 1.165) is 11.1 Å². The summed E-state index contributed by atoms with van der Waals surface area (Å²) in [6, 6.07) is 13.2. The van der Waals surface area contributed by atoms with Gasteiger partial charge in [-0.05, 0) is 71.1 Å². The number of hydrogen-bond acceptors (Lipinski definition) is 4. The molecule has 0 saturated heterocycles. The van der Waals surface area contributed by atoms with Crippen molar-refractivity contribution in [1.29, 1.82) is 0 Å². The first-order valence-electron chi connectivity index (χ1n) is 13.5. The van der Waals surface area contributed by atoms with Crippen molar-refractivity contribution >= 4 is 23.6 Å². The molecule has 3 amide bonds. The maximum atomic E-state index is 14.3. The smallest absolute Gasteiger partial charge is 0.408 e. The number of alkyl carbamates (subject to hydrolysis) is 1. The van der Waals surface area contributed by atoms with Crippen molar-refractivity contribution in [3.8, 4) is 0 Å². The first kappa shape index (κ1) is 30.9. The Morgan fingerprint density at radius 3 is 2.16 bits per heavy atom. The summed E-state index contributed by atoms with van der Waals surface area (Å²) < 4.78 is 5.48. The van der Waals surface area contributed by atoms with Gasteiger partial charge in [0.25, 0.3) is 5.91 Å². The molecule has 0 fully saturated rings. The third-order valence-corrected chi connectivity index (χ3v) is 6.76. The van der Waals surface area contributed by atoms with E-state index >= 15 is 0 Å². The summed E-state index contributed by atoms with van der Waals surface area (Å²) in [6.45, 7) is 17.0. The highest BCUT2D eigenvalue weighted by molar-refractivity contribution is 5.99. The van der Waals surface area contributed by atoms with Gasteiger partial charge in [-0.2, -0.15) is 0 Å². The van der Waals surface area contributed by atoms with Crippen molar-refractivity contribution < 1.29 is 19.1 Å². The largest absolute Gasteiger partial charge is 0.444 e. The van der Waals surface area contributed by atoms with E-state index in [1.54, 1.807) is 25.7 Å². The minimum absolute atomic E-state index is 0.181. The zero-order chi connectivity index (χ0) is 28.6. The number of rotatable bonds is 10. The number of amides is 3. The zero-order valence-electron chi connectivity index (χ0n) is 24.4. The number of carbonyl (C=O) groups excluding carboxylic acids is 3. The number of aryl methyl sites for hydroxylation is 2. The lowest BCUT2D eigenvalue weighted by molar-refractivity contribution is -0.144. The molecular weight excluding hydrogens is 478 g/mol. The Morgan fingerprint density at radius 1 is 0.947 bits per heavy atom. The van der Waals surface area contributed by atoms with Crippen LogP contribution in [0.25, 0.3) is 0 Å². The third-order valence-electron chi connectivity index (χ3n) is 6.76. The van der Waals surface area contributed by atoms with Crippen LogP contribution in [0.5, 0.6) is 0 Å². The molecule has 0 aliphatic heterocycles. The van der Waals surface area contributed by atoms with Crippen molar-refractivity contribution in [3.05, 3.63) is 65.2 Å². The minimum Gasteiger partial charge on any atom is -0.444 e. The Bertz CT molecular complexity index is 1110. The Kier molecular flexibility index (Phi) is 10.9. The molecule has 208 valence electrons. The number of nitrogens with one attached hydrogen (secondary N) is 2. The van der Waals surface area contributed by atoms with Crippen molar-refractivity contribution in [2.24, 2.45) is 5.92 Å². The number of carbonyl (C=O) groups is 3. The van der Waals surface area contributed by atoms with Gasteiger partial charge in [0.05, 0.1) is 0 Å². The van der Waals surface area contributed by atoms with Gasteiger partial charge in [0.2, 0.25) is 5.91 Å². The Hall–Kier alpha value is -3.35. The number of nitrogens with zero attached hydrogens (tertiary/aromatic N) is 1. The molecule has 7 heteroatoms. The minimum atomic E-state index is -0.899. The van der Waals surface area contributed by atoms with Crippen LogP contribution in [0.3, 0.4) is 0 Å². The molecular formula is C31H45N3O4.